The monoisotopic (exact) mass is 549 g/mol. The predicted octanol–water partition coefficient (Wildman–Crippen LogP) is 6.11. The van der Waals surface area contributed by atoms with Gasteiger partial charge in [0.05, 0.1) is 0 Å². The Morgan fingerprint density at radius 1 is 0.897 bits per heavy atom. The number of carbonyl (C=O) groups excluding carboxylic acids is 1. The summed E-state index contributed by atoms with van der Waals surface area (Å²) in [7, 11) is 0. The van der Waals surface area contributed by atoms with E-state index in [1.54, 1.807) is 20.8 Å². The van der Waals surface area contributed by atoms with E-state index >= 15 is 0 Å². The highest BCUT2D eigenvalue weighted by molar-refractivity contribution is 5.80. The molecule has 2 saturated carbocycles. The summed E-state index contributed by atoms with van der Waals surface area (Å²) >= 11 is 0. The minimum Gasteiger partial charge on any atom is -0.480 e. The fraction of sp³-hybridized carbons (Fsp3) is 0.700. The lowest BCUT2D eigenvalue weighted by Crippen LogP contribution is -2.45. The van der Waals surface area contributed by atoms with Crippen LogP contribution in [0.25, 0.3) is 0 Å². The molecule has 5 N–H and O–H groups in total. The van der Waals surface area contributed by atoms with Crippen molar-refractivity contribution in [3.63, 3.8) is 0 Å². The van der Waals surface area contributed by atoms with E-state index in [0.717, 1.165) is 18.5 Å². The standard InChI is InChI=1S/C12H23N.C10H18N2O6.C8H10/c1-3-7-11(8-4-1)13-12-9-5-2-6-10-12;1-10(2,3)18-9(17)12-6(7(13)14)4-5-11-8(15)16;1-2-8-6-4-3-5-7-8/h11-13H,1-10H2;6,11H,4-5H2,1-3H3,(H,12,17)(H,13,14)(H,15,16);3-7H,2H2,1H3/t;6-;/m.0./s1. The molecule has 1 aromatic carbocycles. The van der Waals surface area contributed by atoms with Gasteiger partial charge in [0.25, 0.3) is 0 Å². The van der Waals surface area contributed by atoms with Gasteiger partial charge in [-0.05, 0) is 64.9 Å². The number of carboxylic acids is 1. The van der Waals surface area contributed by atoms with Crippen LogP contribution >= 0.6 is 0 Å². The Bertz CT molecular complexity index is 800. The molecule has 0 saturated heterocycles. The highest BCUT2D eigenvalue weighted by Gasteiger charge is 2.24. The third-order valence-corrected chi connectivity index (χ3v) is 6.63. The van der Waals surface area contributed by atoms with Crippen molar-refractivity contribution in [3.8, 4) is 0 Å². The minimum atomic E-state index is -1.26. The molecule has 9 nitrogen and oxygen atoms in total. The summed E-state index contributed by atoms with van der Waals surface area (Å²) in [5.41, 5.74) is 0.680. The molecule has 0 aliphatic heterocycles. The van der Waals surface area contributed by atoms with E-state index in [1.165, 1.54) is 69.8 Å². The number of aryl methyl sites for hydroxylation is 1. The smallest absolute Gasteiger partial charge is 0.408 e. The van der Waals surface area contributed by atoms with Crippen LogP contribution in [0.2, 0.25) is 0 Å². The average Bonchev–Trinajstić information content (AvgIpc) is 2.89. The number of amides is 2. The number of hydrogen-bond donors (Lipinski definition) is 5. The van der Waals surface area contributed by atoms with Gasteiger partial charge in [-0.15, -0.1) is 0 Å². The molecule has 2 aliphatic rings. The van der Waals surface area contributed by atoms with E-state index < -0.39 is 29.8 Å². The molecule has 0 unspecified atom stereocenters. The summed E-state index contributed by atoms with van der Waals surface area (Å²) in [4.78, 5) is 32.4. The SMILES string of the molecule is C1CCC(NC2CCCCC2)CC1.CC(C)(C)OC(=O)N[C@@H](CCNC(=O)O)C(=O)O.CCc1ccccc1. The van der Waals surface area contributed by atoms with E-state index in [4.69, 9.17) is 14.9 Å². The van der Waals surface area contributed by atoms with Crippen molar-refractivity contribution in [2.75, 3.05) is 6.54 Å². The molecule has 2 aliphatic carbocycles. The predicted molar refractivity (Wildman–Crippen MR) is 154 cm³/mol. The summed E-state index contributed by atoms with van der Waals surface area (Å²) in [5.74, 6) is -1.26. The first-order valence-electron chi connectivity index (χ1n) is 14.5. The quantitative estimate of drug-likeness (QED) is 0.264. The largest absolute Gasteiger partial charge is 0.480 e. The van der Waals surface area contributed by atoms with Gasteiger partial charge in [0.1, 0.15) is 11.6 Å². The van der Waals surface area contributed by atoms with E-state index in [0.29, 0.717) is 0 Å². The van der Waals surface area contributed by atoms with Crippen molar-refractivity contribution in [2.45, 2.75) is 128 Å². The highest BCUT2D eigenvalue weighted by Crippen LogP contribution is 2.22. The summed E-state index contributed by atoms with van der Waals surface area (Å²) in [6.45, 7) is 7.02. The molecule has 0 bridgehead atoms. The van der Waals surface area contributed by atoms with Crippen LogP contribution in [0.15, 0.2) is 30.3 Å². The topological polar surface area (TPSA) is 137 Å². The Morgan fingerprint density at radius 2 is 1.41 bits per heavy atom. The lowest BCUT2D eigenvalue weighted by atomic mass is 9.91. The van der Waals surface area contributed by atoms with Crippen molar-refractivity contribution in [2.24, 2.45) is 0 Å². The summed E-state index contributed by atoms with van der Waals surface area (Å²) in [5, 5.41) is 25.2. The zero-order chi connectivity index (χ0) is 29.1. The third-order valence-electron chi connectivity index (χ3n) is 6.63. The summed E-state index contributed by atoms with van der Waals surface area (Å²) in [6, 6.07) is 11.0. The summed E-state index contributed by atoms with van der Waals surface area (Å²) in [6.07, 6.45) is 13.5. The Balaban J connectivity index is 0.000000313. The lowest BCUT2D eigenvalue weighted by molar-refractivity contribution is -0.139. The van der Waals surface area contributed by atoms with Gasteiger partial charge in [0, 0.05) is 18.6 Å². The second-order valence-corrected chi connectivity index (χ2v) is 11.2. The second kappa shape index (κ2) is 19.3. The van der Waals surface area contributed by atoms with Crippen LogP contribution in [-0.2, 0) is 16.0 Å². The zero-order valence-electron chi connectivity index (χ0n) is 24.3. The maximum absolute atomic E-state index is 11.3. The molecule has 2 fully saturated rings. The molecular weight excluding hydrogens is 498 g/mol. The van der Waals surface area contributed by atoms with Gasteiger partial charge in [0.2, 0.25) is 0 Å². The number of nitrogens with one attached hydrogen (secondary N) is 3. The maximum atomic E-state index is 11.3. The second-order valence-electron chi connectivity index (χ2n) is 11.2. The number of benzene rings is 1. The molecule has 222 valence electrons. The first kappa shape index (κ1) is 34.2. The molecule has 0 aromatic heterocycles. The Hall–Kier alpha value is -2.81. The van der Waals surface area contributed by atoms with Crippen molar-refractivity contribution in [3.05, 3.63) is 35.9 Å². The first-order chi connectivity index (χ1) is 18.5. The third kappa shape index (κ3) is 18.2. The molecule has 1 atom stereocenters. The number of hydrogen-bond acceptors (Lipinski definition) is 5. The number of aliphatic carboxylic acids is 1. The van der Waals surface area contributed by atoms with E-state index in [-0.39, 0.29) is 13.0 Å². The lowest BCUT2D eigenvalue weighted by Gasteiger charge is -2.30. The normalized spacial score (nSPS) is 16.8. The number of rotatable bonds is 8. The fourth-order valence-corrected chi connectivity index (χ4v) is 4.62. The summed E-state index contributed by atoms with van der Waals surface area (Å²) < 4.78 is 4.90. The van der Waals surface area contributed by atoms with Gasteiger partial charge < -0.3 is 30.9 Å². The molecule has 0 heterocycles. The molecule has 0 spiro atoms. The first-order valence-corrected chi connectivity index (χ1v) is 14.5. The van der Waals surface area contributed by atoms with Crippen LogP contribution < -0.4 is 16.0 Å². The van der Waals surface area contributed by atoms with Crippen LogP contribution in [0.5, 0.6) is 0 Å². The van der Waals surface area contributed by atoms with Gasteiger partial charge in [-0.25, -0.2) is 14.4 Å². The van der Waals surface area contributed by atoms with Crippen molar-refractivity contribution < 1.29 is 29.3 Å². The van der Waals surface area contributed by atoms with Crippen LogP contribution in [0.1, 0.15) is 104 Å². The van der Waals surface area contributed by atoms with Crippen LogP contribution in [0, 0.1) is 0 Å². The van der Waals surface area contributed by atoms with Gasteiger partial charge in [-0.1, -0.05) is 75.8 Å². The Labute approximate surface area is 234 Å². The van der Waals surface area contributed by atoms with E-state index in [1.807, 2.05) is 11.4 Å². The van der Waals surface area contributed by atoms with Crippen LogP contribution in [0.4, 0.5) is 9.59 Å². The number of carbonyl (C=O) groups is 3. The minimum absolute atomic E-state index is 0.0686. The highest BCUT2D eigenvalue weighted by atomic mass is 16.6. The van der Waals surface area contributed by atoms with Crippen molar-refractivity contribution >= 4 is 18.2 Å². The molecule has 9 heteroatoms. The molecule has 39 heavy (non-hydrogen) atoms. The molecule has 3 rings (SSSR count). The van der Waals surface area contributed by atoms with Crippen molar-refractivity contribution in [1.29, 1.82) is 0 Å². The van der Waals surface area contributed by atoms with Crippen LogP contribution in [0.3, 0.4) is 0 Å². The zero-order valence-corrected chi connectivity index (χ0v) is 24.3. The van der Waals surface area contributed by atoms with E-state index in [2.05, 4.69) is 41.8 Å². The van der Waals surface area contributed by atoms with Gasteiger partial charge in [-0.2, -0.15) is 0 Å². The average molecular weight is 550 g/mol. The van der Waals surface area contributed by atoms with Crippen molar-refractivity contribution in [1.82, 2.24) is 16.0 Å². The maximum Gasteiger partial charge on any atom is 0.408 e. The molecule has 0 radical (unpaired) electrons. The Kier molecular flexibility index (Phi) is 16.9. The Morgan fingerprint density at radius 3 is 1.79 bits per heavy atom. The number of alkyl carbamates (subject to hydrolysis) is 1. The number of carboxylic acid groups (broad SMARTS) is 2. The van der Waals surface area contributed by atoms with E-state index in [9.17, 15) is 14.4 Å². The van der Waals surface area contributed by atoms with Gasteiger partial charge in [0.15, 0.2) is 0 Å². The van der Waals surface area contributed by atoms with Crippen LogP contribution in [-0.4, -0.2) is 58.6 Å². The fourth-order valence-electron chi connectivity index (χ4n) is 4.62. The van der Waals surface area contributed by atoms with Gasteiger partial charge >= 0.3 is 18.2 Å². The number of ether oxygens (including phenoxy) is 1. The molecule has 1 aromatic rings. The van der Waals surface area contributed by atoms with Gasteiger partial charge in [-0.3, -0.25) is 0 Å². The molecular formula is C30H51N3O6. The molecule has 2 amide bonds.